The second-order valence-electron chi connectivity index (χ2n) is 6.36. The van der Waals surface area contributed by atoms with E-state index in [0.29, 0.717) is 5.92 Å². The van der Waals surface area contributed by atoms with Crippen LogP contribution in [0.4, 0.5) is 0 Å². The van der Waals surface area contributed by atoms with Crippen LogP contribution in [0.2, 0.25) is 0 Å². The summed E-state index contributed by atoms with van der Waals surface area (Å²) in [6, 6.07) is 6.50. The van der Waals surface area contributed by atoms with Gasteiger partial charge in [-0.05, 0) is 62.1 Å². The highest BCUT2D eigenvalue weighted by atomic mass is 16.5. The number of rotatable bonds is 5. The van der Waals surface area contributed by atoms with Crippen molar-refractivity contribution >= 4 is 0 Å². The molecule has 1 aromatic carbocycles. The molecule has 0 aliphatic heterocycles. The average Bonchev–Trinajstić information content (AvgIpc) is 2.47. The van der Waals surface area contributed by atoms with Gasteiger partial charge in [0.1, 0.15) is 5.75 Å². The summed E-state index contributed by atoms with van der Waals surface area (Å²) in [5.74, 6) is 3.32. The first-order valence-electron chi connectivity index (χ1n) is 8.01. The first-order valence-corrected chi connectivity index (χ1v) is 8.01. The van der Waals surface area contributed by atoms with Crippen LogP contribution < -0.4 is 10.5 Å². The van der Waals surface area contributed by atoms with Crippen molar-refractivity contribution in [2.45, 2.75) is 46.0 Å². The predicted octanol–water partition coefficient (Wildman–Crippen LogP) is 3.95. The highest BCUT2D eigenvalue weighted by Gasteiger charge is 2.29. The van der Waals surface area contributed by atoms with E-state index in [4.69, 9.17) is 10.5 Å². The van der Waals surface area contributed by atoms with Gasteiger partial charge in [0.25, 0.3) is 0 Å². The molecule has 2 nitrogen and oxygen atoms in total. The van der Waals surface area contributed by atoms with Gasteiger partial charge in [0.05, 0.1) is 7.11 Å². The molecule has 20 heavy (non-hydrogen) atoms. The Morgan fingerprint density at radius 1 is 1.25 bits per heavy atom. The highest BCUT2D eigenvalue weighted by Crippen LogP contribution is 2.38. The Morgan fingerprint density at radius 3 is 2.70 bits per heavy atom. The summed E-state index contributed by atoms with van der Waals surface area (Å²) in [4.78, 5) is 0. The predicted molar refractivity (Wildman–Crippen MR) is 85.1 cm³/mol. The van der Waals surface area contributed by atoms with Gasteiger partial charge in [0.15, 0.2) is 0 Å². The standard InChI is InChI=1S/C18H29NO/c1-4-14-6-7-15(12-19)16(10-14)11-17-9-13(2)5-8-18(17)20-3/h5,8-9,14-16H,4,6-7,10-12,19H2,1-3H3. The van der Waals surface area contributed by atoms with E-state index >= 15 is 0 Å². The van der Waals surface area contributed by atoms with E-state index in [1.807, 2.05) is 0 Å². The van der Waals surface area contributed by atoms with Gasteiger partial charge in [0.2, 0.25) is 0 Å². The Morgan fingerprint density at radius 2 is 2.05 bits per heavy atom. The summed E-state index contributed by atoms with van der Waals surface area (Å²) < 4.78 is 5.53. The maximum absolute atomic E-state index is 6.00. The van der Waals surface area contributed by atoms with Crippen molar-refractivity contribution in [2.24, 2.45) is 23.5 Å². The van der Waals surface area contributed by atoms with Gasteiger partial charge in [-0.2, -0.15) is 0 Å². The number of methoxy groups -OCH3 is 1. The first kappa shape index (κ1) is 15.4. The van der Waals surface area contributed by atoms with Crippen molar-refractivity contribution in [3.63, 3.8) is 0 Å². The quantitative estimate of drug-likeness (QED) is 0.883. The van der Waals surface area contributed by atoms with Gasteiger partial charge in [-0.15, -0.1) is 0 Å². The fourth-order valence-electron chi connectivity index (χ4n) is 3.70. The summed E-state index contributed by atoms with van der Waals surface area (Å²) in [6.45, 7) is 5.30. The first-order chi connectivity index (χ1) is 9.67. The number of aryl methyl sites for hydroxylation is 1. The van der Waals surface area contributed by atoms with Gasteiger partial charge < -0.3 is 10.5 Å². The molecule has 2 N–H and O–H groups in total. The molecule has 1 aromatic rings. The van der Waals surface area contributed by atoms with Gasteiger partial charge >= 0.3 is 0 Å². The molecular formula is C18H29NO. The summed E-state index contributed by atoms with van der Waals surface area (Å²) >= 11 is 0. The molecule has 0 bridgehead atoms. The molecule has 1 aliphatic carbocycles. The third-order valence-electron chi connectivity index (χ3n) is 5.05. The third-order valence-corrected chi connectivity index (χ3v) is 5.05. The topological polar surface area (TPSA) is 35.2 Å². The van der Waals surface area contributed by atoms with E-state index in [-0.39, 0.29) is 0 Å². The second-order valence-corrected chi connectivity index (χ2v) is 6.36. The zero-order chi connectivity index (χ0) is 14.5. The summed E-state index contributed by atoms with van der Waals surface area (Å²) in [5, 5.41) is 0. The molecule has 2 rings (SSSR count). The zero-order valence-corrected chi connectivity index (χ0v) is 13.2. The second kappa shape index (κ2) is 7.12. The molecule has 0 amide bonds. The molecule has 0 saturated heterocycles. The minimum Gasteiger partial charge on any atom is -0.496 e. The number of hydrogen-bond acceptors (Lipinski definition) is 2. The third kappa shape index (κ3) is 3.54. The van der Waals surface area contributed by atoms with Crippen LogP contribution in [0, 0.1) is 24.7 Å². The summed E-state index contributed by atoms with van der Waals surface area (Å²) in [7, 11) is 1.77. The summed E-state index contributed by atoms with van der Waals surface area (Å²) in [6.07, 6.45) is 6.41. The van der Waals surface area contributed by atoms with Crippen LogP contribution >= 0.6 is 0 Å². The molecular weight excluding hydrogens is 246 g/mol. The van der Waals surface area contributed by atoms with Gasteiger partial charge in [-0.25, -0.2) is 0 Å². The van der Waals surface area contributed by atoms with Crippen molar-refractivity contribution < 1.29 is 4.74 Å². The van der Waals surface area contributed by atoms with Crippen molar-refractivity contribution in [3.8, 4) is 5.75 Å². The largest absolute Gasteiger partial charge is 0.496 e. The fourth-order valence-corrected chi connectivity index (χ4v) is 3.70. The van der Waals surface area contributed by atoms with E-state index in [2.05, 4.69) is 32.0 Å². The number of ether oxygens (including phenoxy) is 1. The van der Waals surface area contributed by atoms with Crippen molar-refractivity contribution in [2.75, 3.05) is 13.7 Å². The number of benzene rings is 1. The lowest BCUT2D eigenvalue weighted by molar-refractivity contribution is 0.179. The lowest BCUT2D eigenvalue weighted by Crippen LogP contribution is -2.31. The van der Waals surface area contributed by atoms with Crippen LogP contribution in [0.1, 0.15) is 43.7 Å². The molecule has 3 atom stereocenters. The van der Waals surface area contributed by atoms with Crippen LogP contribution in [0.25, 0.3) is 0 Å². The van der Waals surface area contributed by atoms with E-state index in [9.17, 15) is 0 Å². The monoisotopic (exact) mass is 275 g/mol. The summed E-state index contributed by atoms with van der Waals surface area (Å²) in [5.41, 5.74) is 8.67. The molecule has 0 aromatic heterocycles. The smallest absolute Gasteiger partial charge is 0.122 e. The fraction of sp³-hybridized carbons (Fsp3) is 0.667. The van der Waals surface area contributed by atoms with Crippen molar-refractivity contribution in [1.29, 1.82) is 0 Å². The maximum atomic E-state index is 6.00. The van der Waals surface area contributed by atoms with E-state index in [1.165, 1.54) is 36.8 Å². The van der Waals surface area contributed by atoms with Crippen LogP contribution in [0.3, 0.4) is 0 Å². The van der Waals surface area contributed by atoms with Crippen LogP contribution in [-0.2, 0) is 6.42 Å². The normalized spacial score (nSPS) is 26.5. The van der Waals surface area contributed by atoms with Gasteiger partial charge in [-0.1, -0.05) is 37.5 Å². The SMILES string of the molecule is CCC1CCC(CN)C(Cc2cc(C)ccc2OC)C1. The molecule has 1 aliphatic rings. The Balaban J connectivity index is 2.15. The molecule has 1 fully saturated rings. The minimum atomic E-state index is 0.683. The van der Waals surface area contributed by atoms with E-state index in [0.717, 1.165) is 30.6 Å². The maximum Gasteiger partial charge on any atom is 0.122 e. The minimum absolute atomic E-state index is 0.683. The highest BCUT2D eigenvalue weighted by molar-refractivity contribution is 5.37. The van der Waals surface area contributed by atoms with Crippen LogP contribution in [0.15, 0.2) is 18.2 Å². The number of nitrogens with two attached hydrogens (primary N) is 1. The lowest BCUT2D eigenvalue weighted by atomic mass is 9.71. The Labute approximate surface area is 123 Å². The van der Waals surface area contributed by atoms with Crippen LogP contribution in [-0.4, -0.2) is 13.7 Å². The van der Waals surface area contributed by atoms with Crippen molar-refractivity contribution in [3.05, 3.63) is 29.3 Å². The van der Waals surface area contributed by atoms with E-state index in [1.54, 1.807) is 7.11 Å². The molecule has 2 heteroatoms. The average molecular weight is 275 g/mol. The zero-order valence-electron chi connectivity index (χ0n) is 13.2. The molecule has 1 saturated carbocycles. The van der Waals surface area contributed by atoms with Crippen molar-refractivity contribution in [1.82, 2.24) is 0 Å². The number of hydrogen-bond donors (Lipinski definition) is 1. The molecule has 0 heterocycles. The Kier molecular flexibility index (Phi) is 5.47. The Bertz CT molecular complexity index is 429. The molecule has 0 radical (unpaired) electrons. The molecule has 3 unspecified atom stereocenters. The van der Waals surface area contributed by atoms with Crippen LogP contribution in [0.5, 0.6) is 5.75 Å². The Hall–Kier alpha value is -1.02. The van der Waals surface area contributed by atoms with E-state index < -0.39 is 0 Å². The lowest BCUT2D eigenvalue weighted by Gasteiger charge is -2.35. The van der Waals surface area contributed by atoms with Gasteiger partial charge in [-0.3, -0.25) is 0 Å². The van der Waals surface area contributed by atoms with Gasteiger partial charge in [0, 0.05) is 0 Å². The molecule has 0 spiro atoms. The molecule has 112 valence electrons.